The first-order chi connectivity index (χ1) is 8.50. The third kappa shape index (κ3) is 5.04. The van der Waals surface area contributed by atoms with Crippen LogP contribution >= 0.6 is 0 Å². The molecule has 3 unspecified atom stereocenters. The Morgan fingerprint density at radius 3 is 2.67 bits per heavy atom. The molecular weight excluding hydrogens is 232 g/mol. The summed E-state index contributed by atoms with van der Waals surface area (Å²) in [6, 6.07) is -0.0534. The average molecular weight is 256 g/mol. The van der Waals surface area contributed by atoms with Crippen LogP contribution in [-0.2, 0) is 9.59 Å². The number of amides is 1. The van der Waals surface area contributed by atoms with Crippen LogP contribution in [0.3, 0.4) is 0 Å². The van der Waals surface area contributed by atoms with Gasteiger partial charge in [-0.05, 0) is 18.8 Å². The highest BCUT2D eigenvalue weighted by Gasteiger charge is 2.27. The largest absolute Gasteiger partial charge is 0.481 e. The number of aliphatic carboxylic acids is 1. The fourth-order valence-electron chi connectivity index (χ4n) is 2.44. The lowest BCUT2D eigenvalue weighted by atomic mass is 9.94. The number of hydrogen-bond acceptors (Lipinski definition) is 3. The molecule has 0 aliphatic heterocycles. The van der Waals surface area contributed by atoms with Crippen LogP contribution in [0.1, 0.15) is 45.4 Å². The Labute approximate surface area is 108 Å². The van der Waals surface area contributed by atoms with E-state index in [9.17, 15) is 9.59 Å². The van der Waals surface area contributed by atoms with Crippen molar-refractivity contribution in [3.8, 4) is 0 Å². The lowest BCUT2D eigenvalue weighted by Crippen LogP contribution is -2.42. The average Bonchev–Trinajstić information content (AvgIpc) is 2.50. The number of carboxylic acids is 1. The number of rotatable bonds is 5. The van der Waals surface area contributed by atoms with Crippen molar-refractivity contribution in [2.24, 2.45) is 17.6 Å². The Balaban J connectivity index is 2.36. The third-order valence-electron chi connectivity index (χ3n) is 3.55. The van der Waals surface area contributed by atoms with Crippen LogP contribution in [-0.4, -0.2) is 29.6 Å². The minimum Gasteiger partial charge on any atom is -0.481 e. The molecular formula is C13H24N2O3. The summed E-state index contributed by atoms with van der Waals surface area (Å²) in [6.45, 7) is 2.23. The number of nitrogens with two attached hydrogens (primary N) is 1. The quantitative estimate of drug-likeness (QED) is 0.643. The summed E-state index contributed by atoms with van der Waals surface area (Å²) in [4.78, 5) is 22.5. The predicted molar refractivity (Wildman–Crippen MR) is 69.0 cm³/mol. The Hall–Kier alpha value is -1.10. The molecule has 1 fully saturated rings. The van der Waals surface area contributed by atoms with Gasteiger partial charge in [0.2, 0.25) is 5.91 Å². The van der Waals surface area contributed by atoms with E-state index in [1.807, 2.05) is 6.92 Å². The molecule has 0 heterocycles. The van der Waals surface area contributed by atoms with E-state index in [1.165, 1.54) is 0 Å². The Morgan fingerprint density at radius 1 is 1.33 bits per heavy atom. The highest BCUT2D eigenvalue weighted by molar-refractivity contribution is 5.79. The summed E-state index contributed by atoms with van der Waals surface area (Å²) in [6.07, 6.45) is 5.13. The molecule has 1 rings (SSSR count). The molecule has 4 N–H and O–H groups in total. The van der Waals surface area contributed by atoms with Gasteiger partial charge in [0.25, 0.3) is 0 Å². The number of nitrogens with one attached hydrogen (secondary N) is 1. The number of carbonyl (C=O) groups is 2. The lowest BCUT2D eigenvalue weighted by Gasteiger charge is -2.21. The maximum atomic E-state index is 12.0. The minimum atomic E-state index is -0.831. The van der Waals surface area contributed by atoms with Gasteiger partial charge in [0.1, 0.15) is 0 Å². The normalized spacial score (nSPS) is 26.1. The van der Waals surface area contributed by atoms with Crippen molar-refractivity contribution in [2.45, 2.75) is 51.5 Å². The van der Waals surface area contributed by atoms with Gasteiger partial charge in [-0.25, -0.2) is 0 Å². The van der Waals surface area contributed by atoms with Gasteiger partial charge in [-0.2, -0.15) is 0 Å². The van der Waals surface area contributed by atoms with E-state index in [0.29, 0.717) is 6.54 Å². The second-order valence-corrected chi connectivity index (χ2v) is 5.36. The van der Waals surface area contributed by atoms with Crippen LogP contribution in [0, 0.1) is 11.8 Å². The molecule has 1 aliphatic rings. The Bertz CT molecular complexity index is 294. The summed E-state index contributed by atoms with van der Waals surface area (Å²) < 4.78 is 0. The van der Waals surface area contributed by atoms with E-state index in [1.54, 1.807) is 0 Å². The first-order valence-corrected chi connectivity index (χ1v) is 6.75. The van der Waals surface area contributed by atoms with E-state index in [4.69, 9.17) is 10.8 Å². The van der Waals surface area contributed by atoms with Gasteiger partial charge in [0.05, 0.1) is 5.92 Å². The van der Waals surface area contributed by atoms with Crippen molar-refractivity contribution in [3.05, 3.63) is 0 Å². The first-order valence-electron chi connectivity index (χ1n) is 6.75. The summed E-state index contributed by atoms with van der Waals surface area (Å²) >= 11 is 0. The van der Waals surface area contributed by atoms with Crippen molar-refractivity contribution in [1.29, 1.82) is 0 Å². The fourth-order valence-corrected chi connectivity index (χ4v) is 2.44. The third-order valence-corrected chi connectivity index (χ3v) is 3.55. The summed E-state index contributed by atoms with van der Waals surface area (Å²) in [7, 11) is 0. The maximum absolute atomic E-state index is 12.0. The van der Waals surface area contributed by atoms with Gasteiger partial charge in [-0.15, -0.1) is 0 Å². The van der Waals surface area contributed by atoms with Crippen LogP contribution < -0.4 is 11.1 Å². The topological polar surface area (TPSA) is 92.4 Å². The SMILES string of the molecule is CC(CNC(=O)C1CCCCCC1N)CC(=O)O. The predicted octanol–water partition coefficient (Wildman–Crippen LogP) is 1.12. The second kappa shape index (κ2) is 7.36. The molecule has 0 spiro atoms. The maximum Gasteiger partial charge on any atom is 0.303 e. The molecule has 0 aromatic heterocycles. The first kappa shape index (κ1) is 15.0. The molecule has 18 heavy (non-hydrogen) atoms. The van der Waals surface area contributed by atoms with Crippen molar-refractivity contribution >= 4 is 11.9 Å². The van der Waals surface area contributed by atoms with Crippen LogP contribution in [0.15, 0.2) is 0 Å². The van der Waals surface area contributed by atoms with Crippen LogP contribution in [0.4, 0.5) is 0 Å². The van der Waals surface area contributed by atoms with E-state index in [0.717, 1.165) is 32.1 Å². The smallest absolute Gasteiger partial charge is 0.303 e. The van der Waals surface area contributed by atoms with Crippen molar-refractivity contribution in [2.75, 3.05) is 6.54 Å². The van der Waals surface area contributed by atoms with E-state index in [-0.39, 0.29) is 30.2 Å². The van der Waals surface area contributed by atoms with Crippen LogP contribution in [0.5, 0.6) is 0 Å². The van der Waals surface area contributed by atoms with Gasteiger partial charge in [-0.3, -0.25) is 9.59 Å². The highest BCUT2D eigenvalue weighted by Crippen LogP contribution is 2.22. The molecule has 0 bridgehead atoms. The molecule has 1 aliphatic carbocycles. The number of hydrogen-bond donors (Lipinski definition) is 3. The molecule has 1 saturated carbocycles. The summed E-state index contributed by atoms with van der Waals surface area (Å²) in [5, 5.41) is 11.5. The monoisotopic (exact) mass is 256 g/mol. The zero-order chi connectivity index (χ0) is 13.5. The van der Waals surface area contributed by atoms with Gasteiger partial charge >= 0.3 is 5.97 Å². The van der Waals surface area contributed by atoms with Gasteiger partial charge < -0.3 is 16.2 Å². The molecule has 0 radical (unpaired) electrons. The standard InChI is InChI=1S/C13H24N2O3/c1-9(7-12(16)17)8-15-13(18)10-5-3-2-4-6-11(10)14/h9-11H,2-8,14H2,1H3,(H,15,18)(H,16,17). The molecule has 0 aromatic carbocycles. The van der Waals surface area contributed by atoms with E-state index < -0.39 is 5.97 Å². The summed E-state index contributed by atoms with van der Waals surface area (Å²) in [5.74, 6) is -0.998. The molecule has 0 saturated heterocycles. The van der Waals surface area contributed by atoms with Crippen molar-refractivity contribution < 1.29 is 14.7 Å². The van der Waals surface area contributed by atoms with E-state index in [2.05, 4.69) is 5.32 Å². The lowest BCUT2D eigenvalue weighted by molar-refractivity contribution is -0.138. The van der Waals surface area contributed by atoms with Gasteiger partial charge in [0.15, 0.2) is 0 Å². The summed E-state index contributed by atoms with van der Waals surface area (Å²) in [5.41, 5.74) is 6.01. The van der Waals surface area contributed by atoms with Crippen LogP contribution in [0.25, 0.3) is 0 Å². The van der Waals surface area contributed by atoms with Crippen molar-refractivity contribution in [3.63, 3.8) is 0 Å². The second-order valence-electron chi connectivity index (χ2n) is 5.36. The molecule has 0 aromatic rings. The molecule has 3 atom stereocenters. The van der Waals surface area contributed by atoms with Gasteiger partial charge in [0, 0.05) is 19.0 Å². The van der Waals surface area contributed by atoms with Gasteiger partial charge in [-0.1, -0.05) is 26.2 Å². The number of carboxylic acid groups (broad SMARTS) is 1. The zero-order valence-corrected chi connectivity index (χ0v) is 11.0. The van der Waals surface area contributed by atoms with Crippen molar-refractivity contribution in [1.82, 2.24) is 5.32 Å². The number of carbonyl (C=O) groups excluding carboxylic acids is 1. The molecule has 104 valence electrons. The van der Waals surface area contributed by atoms with Crippen LogP contribution in [0.2, 0.25) is 0 Å². The Morgan fingerprint density at radius 2 is 2.00 bits per heavy atom. The zero-order valence-electron chi connectivity index (χ0n) is 11.0. The minimum absolute atomic E-state index is 0.0124. The fraction of sp³-hybridized carbons (Fsp3) is 0.846. The Kier molecular flexibility index (Phi) is 6.12. The molecule has 5 nitrogen and oxygen atoms in total. The highest BCUT2D eigenvalue weighted by atomic mass is 16.4. The van der Waals surface area contributed by atoms with E-state index >= 15 is 0 Å². The molecule has 1 amide bonds. The molecule has 5 heteroatoms.